The number of ketones is 1. The number of carbonyl (C=O) groups excluding carboxylic acids is 3. The van der Waals surface area contributed by atoms with Crippen molar-refractivity contribution in [3.8, 4) is 0 Å². The molecule has 212 valence electrons. The average Bonchev–Trinajstić information content (AvgIpc) is 2.98. The predicted octanol–water partition coefficient (Wildman–Crippen LogP) is 5.89. The molecule has 0 aliphatic rings. The summed E-state index contributed by atoms with van der Waals surface area (Å²) in [4.78, 5) is 39.1. The highest BCUT2D eigenvalue weighted by atomic mass is 19.3. The molecule has 2 amide bonds. The lowest BCUT2D eigenvalue weighted by atomic mass is 9.93. The summed E-state index contributed by atoms with van der Waals surface area (Å²) >= 11 is 0. The number of rotatable bonds is 14. The number of alkyl carbamates (subject to hydrolysis) is 1. The van der Waals surface area contributed by atoms with E-state index in [1.807, 2.05) is 25.1 Å². The topological polar surface area (TPSA) is 84.5 Å². The number of Topliss-reactive ketones (excluding diaryl/α,β-unsaturated/α-hetero) is 1. The number of alkyl halides is 2. The summed E-state index contributed by atoms with van der Waals surface area (Å²) in [5.74, 6) is -6.11. The molecule has 3 rings (SSSR count). The number of aryl methyl sites for hydroxylation is 1. The van der Waals surface area contributed by atoms with E-state index in [4.69, 9.17) is 4.74 Å². The van der Waals surface area contributed by atoms with Crippen LogP contribution in [-0.4, -0.2) is 35.8 Å². The van der Waals surface area contributed by atoms with Gasteiger partial charge in [-0.25, -0.2) is 4.79 Å². The second kappa shape index (κ2) is 14.9. The number of nitrogens with one attached hydrogen (secondary N) is 2. The number of hydrogen-bond donors (Lipinski definition) is 2. The van der Waals surface area contributed by atoms with Crippen molar-refractivity contribution in [3.63, 3.8) is 0 Å². The highest BCUT2D eigenvalue weighted by molar-refractivity contribution is 5.95. The van der Waals surface area contributed by atoms with Crippen molar-refractivity contribution in [2.24, 2.45) is 5.92 Å². The fourth-order valence-electron chi connectivity index (χ4n) is 4.24. The van der Waals surface area contributed by atoms with Crippen molar-refractivity contribution in [3.05, 3.63) is 108 Å². The summed E-state index contributed by atoms with van der Waals surface area (Å²) in [5, 5.41) is 5.08. The van der Waals surface area contributed by atoms with Crippen LogP contribution in [0.3, 0.4) is 0 Å². The molecule has 0 spiro atoms. The van der Waals surface area contributed by atoms with Gasteiger partial charge >= 0.3 is 12.0 Å². The lowest BCUT2D eigenvalue weighted by Crippen LogP contribution is -2.56. The SMILES string of the molecule is CC[C@H](C)[C@H](NC(=O)OCc1ccccc1)C(=O)N[C@@H](Cc1ccccc1)C(=O)C(F)(F)CCc1ccccc1. The first-order valence-electron chi connectivity index (χ1n) is 13.5. The molecule has 3 atom stereocenters. The van der Waals surface area contributed by atoms with Crippen LogP contribution >= 0.6 is 0 Å². The fraction of sp³-hybridized carbons (Fsp3) is 0.344. The van der Waals surface area contributed by atoms with Crippen LogP contribution in [0.5, 0.6) is 0 Å². The average molecular weight is 551 g/mol. The molecule has 3 aromatic rings. The molecule has 40 heavy (non-hydrogen) atoms. The highest BCUT2D eigenvalue weighted by Gasteiger charge is 2.43. The van der Waals surface area contributed by atoms with Crippen molar-refractivity contribution in [2.45, 2.75) is 64.1 Å². The molecular weight excluding hydrogens is 514 g/mol. The molecule has 0 saturated carbocycles. The van der Waals surface area contributed by atoms with E-state index in [0.717, 1.165) is 5.56 Å². The third-order valence-electron chi connectivity index (χ3n) is 6.83. The number of halogens is 2. The van der Waals surface area contributed by atoms with E-state index in [2.05, 4.69) is 10.6 Å². The molecule has 0 radical (unpaired) electrons. The molecule has 0 aliphatic carbocycles. The maximum Gasteiger partial charge on any atom is 0.408 e. The third kappa shape index (κ3) is 9.29. The minimum absolute atomic E-state index is 0.00424. The summed E-state index contributed by atoms with van der Waals surface area (Å²) in [6, 6.07) is 23.9. The van der Waals surface area contributed by atoms with Crippen molar-refractivity contribution >= 4 is 17.8 Å². The Bertz CT molecular complexity index is 1220. The molecule has 6 nitrogen and oxygen atoms in total. The zero-order valence-corrected chi connectivity index (χ0v) is 22.8. The van der Waals surface area contributed by atoms with Crippen LogP contribution in [0.1, 0.15) is 43.4 Å². The molecule has 0 unspecified atom stereocenters. The Morgan fingerprint density at radius 3 is 1.88 bits per heavy atom. The number of carbonyl (C=O) groups is 3. The van der Waals surface area contributed by atoms with Crippen LogP contribution in [-0.2, 0) is 33.8 Å². The van der Waals surface area contributed by atoms with Gasteiger partial charge in [-0.2, -0.15) is 8.78 Å². The standard InChI is InChI=1S/C32H36F2N2O4/c1-3-23(2)28(36-31(39)40-22-26-17-11-6-12-18-26)30(38)35-27(21-25-15-9-5-10-16-25)29(37)32(33,34)20-19-24-13-7-4-8-14-24/h4-18,23,27-28H,3,19-22H2,1-2H3,(H,35,38)(H,36,39)/t23-,27-,28-/m0/s1. The summed E-state index contributed by atoms with van der Waals surface area (Å²) in [7, 11) is 0. The molecular formula is C32H36F2N2O4. The van der Waals surface area contributed by atoms with Crippen LogP contribution in [0.15, 0.2) is 91.0 Å². The van der Waals surface area contributed by atoms with Gasteiger partial charge in [0.2, 0.25) is 11.7 Å². The van der Waals surface area contributed by atoms with Crippen molar-refractivity contribution in [2.75, 3.05) is 0 Å². The Balaban J connectivity index is 1.74. The van der Waals surface area contributed by atoms with E-state index >= 15 is 8.78 Å². The van der Waals surface area contributed by atoms with Crippen molar-refractivity contribution in [1.29, 1.82) is 0 Å². The lowest BCUT2D eigenvalue weighted by Gasteiger charge is -2.28. The first-order valence-corrected chi connectivity index (χ1v) is 13.5. The van der Waals surface area contributed by atoms with E-state index in [-0.39, 0.29) is 25.4 Å². The maximum absolute atomic E-state index is 15.2. The molecule has 3 aromatic carbocycles. The monoisotopic (exact) mass is 550 g/mol. The van der Waals surface area contributed by atoms with Gasteiger partial charge in [-0.15, -0.1) is 0 Å². The second-order valence-electron chi connectivity index (χ2n) is 9.87. The third-order valence-corrected chi connectivity index (χ3v) is 6.83. The first-order chi connectivity index (χ1) is 19.2. The largest absolute Gasteiger partial charge is 0.445 e. The summed E-state index contributed by atoms with van der Waals surface area (Å²) in [5.41, 5.74) is 2.08. The van der Waals surface area contributed by atoms with Crippen LogP contribution in [0.4, 0.5) is 13.6 Å². The van der Waals surface area contributed by atoms with Gasteiger partial charge in [0, 0.05) is 6.42 Å². The summed E-state index contributed by atoms with van der Waals surface area (Å²) in [6.45, 7) is 3.60. The number of ether oxygens (including phenoxy) is 1. The normalized spacial score (nSPS) is 13.5. The minimum Gasteiger partial charge on any atom is -0.445 e. The smallest absolute Gasteiger partial charge is 0.408 e. The Hall–Kier alpha value is -4.07. The van der Waals surface area contributed by atoms with Gasteiger partial charge in [-0.1, -0.05) is 111 Å². The Kier molecular flexibility index (Phi) is 11.4. The molecule has 0 bridgehead atoms. The van der Waals surface area contributed by atoms with Gasteiger partial charge in [0.1, 0.15) is 12.6 Å². The zero-order chi connectivity index (χ0) is 29.0. The molecule has 0 aromatic heterocycles. The van der Waals surface area contributed by atoms with Crippen molar-refractivity contribution in [1.82, 2.24) is 10.6 Å². The van der Waals surface area contributed by atoms with E-state index in [1.165, 1.54) is 0 Å². The zero-order valence-electron chi connectivity index (χ0n) is 22.8. The fourth-order valence-corrected chi connectivity index (χ4v) is 4.24. The van der Waals surface area contributed by atoms with Gasteiger partial charge in [0.15, 0.2) is 0 Å². The van der Waals surface area contributed by atoms with E-state index in [9.17, 15) is 14.4 Å². The first kappa shape index (κ1) is 30.5. The van der Waals surface area contributed by atoms with Crippen LogP contribution in [0.25, 0.3) is 0 Å². The second-order valence-corrected chi connectivity index (χ2v) is 9.87. The predicted molar refractivity (Wildman–Crippen MR) is 150 cm³/mol. The number of amides is 2. The maximum atomic E-state index is 15.2. The van der Waals surface area contributed by atoms with Crippen molar-refractivity contribution < 1.29 is 27.9 Å². The minimum atomic E-state index is -3.67. The molecule has 2 N–H and O–H groups in total. The van der Waals surface area contributed by atoms with Crippen LogP contribution in [0, 0.1) is 5.92 Å². The number of hydrogen-bond acceptors (Lipinski definition) is 4. The van der Waals surface area contributed by atoms with Gasteiger partial charge in [-0.05, 0) is 35.4 Å². The van der Waals surface area contributed by atoms with Gasteiger partial charge in [0.05, 0.1) is 6.04 Å². The Labute approximate surface area is 234 Å². The summed E-state index contributed by atoms with van der Waals surface area (Å²) < 4.78 is 35.7. The Morgan fingerprint density at radius 2 is 1.32 bits per heavy atom. The van der Waals surface area contributed by atoms with Crippen LogP contribution < -0.4 is 10.6 Å². The van der Waals surface area contributed by atoms with E-state index in [0.29, 0.717) is 17.5 Å². The molecule has 0 fully saturated rings. The Morgan fingerprint density at radius 1 is 0.800 bits per heavy atom. The van der Waals surface area contributed by atoms with E-state index < -0.39 is 42.2 Å². The quantitative estimate of drug-likeness (QED) is 0.262. The molecule has 8 heteroatoms. The van der Waals surface area contributed by atoms with E-state index in [1.54, 1.807) is 79.7 Å². The van der Waals surface area contributed by atoms with Gasteiger partial charge < -0.3 is 15.4 Å². The lowest BCUT2D eigenvalue weighted by molar-refractivity contribution is -0.148. The van der Waals surface area contributed by atoms with Gasteiger partial charge in [0.25, 0.3) is 0 Å². The molecule has 0 aliphatic heterocycles. The molecule has 0 heterocycles. The molecule has 0 saturated heterocycles. The highest BCUT2D eigenvalue weighted by Crippen LogP contribution is 2.25. The van der Waals surface area contributed by atoms with Gasteiger partial charge in [-0.3, -0.25) is 9.59 Å². The summed E-state index contributed by atoms with van der Waals surface area (Å²) in [6.07, 6.45) is -1.09. The number of benzene rings is 3. The van der Waals surface area contributed by atoms with Crippen LogP contribution in [0.2, 0.25) is 0 Å².